The van der Waals surface area contributed by atoms with Gasteiger partial charge in [0, 0.05) is 45.6 Å². The lowest BCUT2D eigenvalue weighted by Gasteiger charge is -2.27. The lowest BCUT2D eigenvalue weighted by Crippen LogP contribution is -2.44. The van der Waals surface area contributed by atoms with E-state index in [0.29, 0.717) is 0 Å². The highest BCUT2D eigenvalue weighted by Crippen LogP contribution is 2.21. The molecule has 0 spiro atoms. The third-order valence-electron chi connectivity index (χ3n) is 3.73. The van der Waals surface area contributed by atoms with Gasteiger partial charge in [0.15, 0.2) is 5.82 Å². The summed E-state index contributed by atoms with van der Waals surface area (Å²) < 4.78 is 3.76. The fourth-order valence-electron chi connectivity index (χ4n) is 2.61. The highest BCUT2D eigenvalue weighted by Gasteiger charge is 2.16. The van der Waals surface area contributed by atoms with Crippen LogP contribution in [0.15, 0.2) is 30.9 Å². The van der Waals surface area contributed by atoms with Crippen LogP contribution in [0.5, 0.6) is 0 Å². The average molecular weight is 298 g/mol. The van der Waals surface area contributed by atoms with Gasteiger partial charge in [0.05, 0.1) is 6.33 Å². The molecule has 1 fully saturated rings. The predicted octanol–water partition coefficient (Wildman–Crippen LogP) is 0.616. The van der Waals surface area contributed by atoms with E-state index in [1.165, 1.54) is 0 Å². The Hall–Kier alpha value is -2.61. The molecule has 0 bridgehead atoms. The summed E-state index contributed by atoms with van der Waals surface area (Å²) in [5, 5.41) is 11.2. The first kappa shape index (κ1) is 13.1. The number of imidazole rings is 1. The predicted molar refractivity (Wildman–Crippen MR) is 84.6 cm³/mol. The Labute approximate surface area is 127 Å². The van der Waals surface area contributed by atoms with Gasteiger partial charge >= 0.3 is 0 Å². The van der Waals surface area contributed by atoms with Gasteiger partial charge in [0.25, 0.3) is 0 Å². The molecule has 3 aromatic heterocycles. The van der Waals surface area contributed by atoms with Gasteiger partial charge in [-0.1, -0.05) is 0 Å². The molecule has 0 amide bonds. The third-order valence-corrected chi connectivity index (χ3v) is 3.73. The summed E-state index contributed by atoms with van der Waals surface area (Å²) >= 11 is 0. The van der Waals surface area contributed by atoms with Gasteiger partial charge in [-0.2, -0.15) is 4.98 Å². The molecule has 0 saturated carbocycles. The van der Waals surface area contributed by atoms with Crippen molar-refractivity contribution in [2.24, 2.45) is 7.05 Å². The summed E-state index contributed by atoms with van der Waals surface area (Å²) in [7, 11) is 1.94. The molecule has 1 aliphatic heterocycles. The van der Waals surface area contributed by atoms with Crippen molar-refractivity contribution in [2.45, 2.75) is 0 Å². The maximum Gasteiger partial charge on any atom is 0.245 e. The van der Waals surface area contributed by atoms with Crippen LogP contribution in [0.2, 0.25) is 0 Å². The standard InChI is InChI=1S/C14H18N8/c1-20-9-12(16-10-20)17-13-11-3-2-6-22(11)19-14(18-13)21-7-4-15-5-8-21/h2-3,6,9-10,15H,4-5,7-8H2,1H3,(H,17,18,19). The molecular formula is C14H18N8. The minimum atomic E-state index is 0.739. The number of nitrogens with zero attached hydrogens (tertiary/aromatic N) is 6. The maximum atomic E-state index is 4.71. The van der Waals surface area contributed by atoms with Crippen LogP contribution in [-0.2, 0) is 7.05 Å². The fourth-order valence-corrected chi connectivity index (χ4v) is 2.61. The Bertz CT molecular complexity index is 783. The van der Waals surface area contributed by atoms with Crippen LogP contribution in [0.4, 0.5) is 17.6 Å². The second-order valence-electron chi connectivity index (χ2n) is 5.38. The van der Waals surface area contributed by atoms with Crippen molar-refractivity contribution in [3.63, 3.8) is 0 Å². The molecule has 22 heavy (non-hydrogen) atoms. The van der Waals surface area contributed by atoms with Gasteiger partial charge in [-0.15, -0.1) is 5.10 Å². The van der Waals surface area contributed by atoms with Gasteiger partial charge in [-0.05, 0) is 12.1 Å². The summed E-state index contributed by atoms with van der Waals surface area (Å²) in [4.78, 5) is 11.2. The van der Waals surface area contributed by atoms with Crippen molar-refractivity contribution in [3.8, 4) is 0 Å². The summed E-state index contributed by atoms with van der Waals surface area (Å²) in [5.41, 5.74) is 0.935. The maximum absolute atomic E-state index is 4.71. The molecule has 8 nitrogen and oxygen atoms in total. The molecule has 1 saturated heterocycles. The molecule has 0 radical (unpaired) electrons. The zero-order valence-electron chi connectivity index (χ0n) is 12.4. The quantitative estimate of drug-likeness (QED) is 0.738. The number of hydrogen-bond acceptors (Lipinski definition) is 6. The molecule has 2 N–H and O–H groups in total. The molecule has 1 aliphatic rings. The minimum Gasteiger partial charge on any atom is -0.338 e. The van der Waals surface area contributed by atoms with Gasteiger partial charge in [0.1, 0.15) is 11.3 Å². The molecule has 0 aromatic carbocycles. The molecule has 114 valence electrons. The summed E-state index contributed by atoms with van der Waals surface area (Å²) in [6.45, 7) is 3.73. The molecule has 0 aliphatic carbocycles. The number of fused-ring (bicyclic) bond motifs is 1. The molecule has 4 heterocycles. The lowest BCUT2D eigenvalue weighted by atomic mass is 10.4. The number of aromatic nitrogens is 5. The average Bonchev–Trinajstić information content (AvgIpc) is 3.17. The molecule has 4 rings (SSSR count). The molecule has 8 heteroatoms. The Kier molecular flexibility index (Phi) is 3.15. The summed E-state index contributed by atoms with van der Waals surface area (Å²) in [5.74, 6) is 2.28. The van der Waals surface area contributed by atoms with Crippen LogP contribution < -0.4 is 15.5 Å². The van der Waals surface area contributed by atoms with Crippen molar-refractivity contribution >= 4 is 23.1 Å². The van der Waals surface area contributed by atoms with Crippen molar-refractivity contribution < 1.29 is 0 Å². The van der Waals surface area contributed by atoms with E-state index < -0.39 is 0 Å². The monoisotopic (exact) mass is 298 g/mol. The Balaban J connectivity index is 1.73. The van der Waals surface area contributed by atoms with Crippen LogP contribution in [0.25, 0.3) is 5.52 Å². The van der Waals surface area contributed by atoms with E-state index in [-0.39, 0.29) is 0 Å². The Morgan fingerprint density at radius 3 is 2.91 bits per heavy atom. The van der Waals surface area contributed by atoms with Crippen LogP contribution in [-0.4, -0.2) is 50.3 Å². The van der Waals surface area contributed by atoms with Crippen molar-refractivity contribution in [1.82, 2.24) is 29.5 Å². The van der Waals surface area contributed by atoms with Gasteiger partial charge < -0.3 is 20.1 Å². The van der Waals surface area contributed by atoms with Crippen molar-refractivity contribution in [2.75, 3.05) is 36.4 Å². The molecular weight excluding hydrogens is 280 g/mol. The minimum absolute atomic E-state index is 0.739. The molecule has 3 aromatic rings. The first-order chi connectivity index (χ1) is 10.8. The second kappa shape index (κ2) is 5.30. The number of hydrogen-bond donors (Lipinski definition) is 2. The first-order valence-corrected chi connectivity index (χ1v) is 7.36. The lowest BCUT2D eigenvalue weighted by molar-refractivity contribution is 0.576. The van der Waals surface area contributed by atoms with E-state index in [0.717, 1.165) is 49.3 Å². The van der Waals surface area contributed by atoms with Gasteiger partial charge in [-0.3, -0.25) is 0 Å². The van der Waals surface area contributed by atoms with E-state index >= 15 is 0 Å². The summed E-state index contributed by atoms with van der Waals surface area (Å²) in [6.07, 6.45) is 5.62. The van der Waals surface area contributed by atoms with Crippen molar-refractivity contribution in [3.05, 3.63) is 30.9 Å². The number of rotatable bonds is 3. The number of anilines is 3. The third kappa shape index (κ3) is 2.37. The zero-order valence-corrected chi connectivity index (χ0v) is 12.4. The van der Waals surface area contributed by atoms with Crippen LogP contribution in [0.1, 0.15) is 0 Å². The van der Waals surface area contributed by atoms with Crippen LogP contribution >= 0.6 is 0 Å². The Morgan fingerprint density at radius 2 is 2.14 bits per heavy atom. The number of aryl methyl sites for hydroxylation is 1. The largest absolute Gasteiger partial charge is 0.338 e. The SMILES string of the molecule is Cn1cnc(Nc2nc(N3CCNCC3)nn3cccc23)c1. The summed E-state index contributed by atoms with van der Waals surface area (Å²) in [6, 6.07) is 3.96. The van der Waals surface area contributed by atoms with E-state index in [1.807, 2.05) is 40.7 Å². The van der Waals surface area contributed by atoms with Crippen molar-refractivity contribution in [1.29, 1.82) is 0 Å². The Morgan fingerprint density at radius 1 is 1.27 bits per heavy atom. The first-order valence-electron chi connectivity index (χ1n) is 7.36. The van der Waals surface area contributed by atoms with Gasteiger partial charge in [0.2, 0.25) is 5.95 Å². The number of piperazine rings is 1. The van der Waals surface area contributed by atoms with E-state index in [1.54, 1.807) is 6.33 Å². The fraction of sp³-hybridized carbons (Fsp3) is 0.357. The van der Waals surface area contributed by atoms with E-state index in [9.17, 15) is 0 Å². The van der Waals surface area contributed by atoms with E-state index in [2.05, 4.69) is 25.6 Å². The molecule has 0 unspecified atom stereocenters. The highest BCUT2D eigenvalue weighted by molar-refractivity contribution is 5.72. The van der Waals surface area contributed by atoms with E-state index in [4.69, 9.17) is 4.98 Å². The van der Waals surface area contributed by atoms with Gasteiger partial charge in [-0.25, -0.2) is 9.50 Å². The normalized spacial score (nSPS) is 15.4. The van der Waals surface area contributed by atoms with Crippen LogP contribution in [0.3, 0.4) is 0 Å². The number of nitrogens with one attached hydrogen (secondary N) is 2. The highest BCUT2D eigenvalue weighted by atomic mass is 15.4. The topological polar surface area (TPSA) is 75.3 Å². The smallest absolute Gasteiger partial charge is 0.245 e. The zero-order chi connectivity index (χ0) is 14.9. The van der Waals surface area contributed by atoms with Crippen LogP contribution in [0, 0.1) is 0 Å². The molecule has 0 atom stereocenters. The second-order valence-corrected chi connectivity index (χ2v) is 5.38.